The number of methoxy groups -OCH3 is 1. The van der Waals surface area contributed by atoms with Gasteiger partial charge in [-0.15, -0.1) is 0 Å². The average Bonchev–Trinajstić information content (AvgIpc) is 2.45. The summed E-state index contributed by atoms with van der Waals surface area (Å²) < 4.78 is 4.61. The van der Waals surface area contributed by atoms with E-state index in [0.29, 0.717) is 13.0 Å². The number of carbonyl (C=O) groups excluding carboxylic acids is 1. The van der Waals surface area contributed by atoms with Gasteiger partial charge in [0, 0.05) is 13.1 Å². The zero-order chi connectivity index (χ0) is 10.1. The summed E-state index contributed by atoms with van der Waals surface area (Å²) in [5.74, 6) is -0.778. The van der Waals surface area contributed by atoms with Gasteiger partial charge in [0.15, 0.2) is 0 Å². The van der Waals surface area contributed by atoms with E-state index < -0.39 is 11.5 Å². The van der Waals surface area contributed by atoms with Crippen molar-refractivity contribution in [2.24, 2.45) is 5.92 Å². The third kappa shape index (κ3) is 2.00. The molecule has 1 N–H and O–H groups in total. The van der Waals surface area contributed by atoms with Crippen LogP contribution in [0, 0.1) is 5.92 Å². The van der Waals surface area contributed by atoms with Crippen molar-refractivity contribution in [3.63, 3.8) is 0 Å². The molecule has 1 rings (SSSR count). The van der Waals surface area contributed by atoms with E-state index in [1.807, 2.05) is 11.9 Å². The highest BCUT2D eigenvalue weighted by Crippen LogP contribution is 2.28. The van der Waals surface area contributed by atoms with Crippen molar-refractivity contribution >= 4 is 5.97 Å². The van der Waals surface area contributed by atoms with Crippen molar-refractivity contribution in [3.05, 3.63) is 0 Å². The Kier molecular flexibility index (Phi) is 2.93. The van der Waals surface area contributed by atoms with Crippen molar-refractivity contribution in [3.8, 4) is 0 Å². The Bertz CT molecular complexity index is 207. The standard InChI is InChI=1S/C9H17NO3/c1-7(8(11)13-3)9(12)4-5-10(2)6-9/h7,12H,4-6H2,1-3H3. The van der Waals surface area contributed by atoms with E-state index >= 15 is 0 Å². The quantitative estimate of drug-likeness (QED) is 0.611. The van der Waals surface area contributed by atoms with Gasteiger partial charge < -0.3 is 14.7 Å². The van der Waals surface area contributed by atoms with E-state index in [0.717, 1.165) is 6.54 Å². The number of likely N-dealkylation sites (tertiary alicyclic amines) is 1. The molecule has 1 aliphatic heterocycles. The molecule has 0 aromatic heterocycles. The van der Waals surface area contributed by atoms with Crippen molar-refractivity contribution in [2.75, 3.05) is 27.2 Å². The second-order valence-electron chi connectivity index (χ2n) is 3.84. The number of hydrogen-bond donors (Lipinski definition) is 1. The Morgan fingerprint density at radius 2 is 2.31 bits per heavy atom. The summed E-state index contributed by atoms with van der Waals surface area (Å²) in [5.41, 5.74) is -0.901. The Labute approximate surface area is 78.5 Å². The smallest absolute Gasteiger partial charge is 0.311 e. The number of esters is 1. The molecule has 0 spiro atoms. The van der Waals surface area contributed by atoms with Gasteiger partial charge in [-0.25, -0.2) is 0 Å². The van der Waals surface area contributed by atoms with Gasteiger partial charge in [-0.3, -0.25) is 4.79 Å². The number of rotatable bonds is 2. The Balaban J connectivity index is 2.64. The SMILES string of the molecule is COC(=O)C(C)C1(O)CCN(C)C1. The van der Waals surface area contributed by atoms with Gasteiger partial charge in [0.1, 0.15) is 0 Å². The van der Waals surface area contributed by atoms with Gasteiger partial charge in [-0.05, 0) is 20.4 Å². The predicted octanol–water partition coefficient (Wildman–Crippen LogP) is -0.138. The van der Waals surface area contributed by atoms with Crippen LogP contribution in [0.15, 0.2) is 0 Å². The highest BCUT2D eigenvalue weighted by Gasteiger charge is 2.43. The molecule has 1 saturated heterocycles. The van der Waals surface area contributed by atoms with Crippen molar-refractivity contribution in [1.82, 2.24) is 4.90 Å². The normalized spacial score (nSPS) is 31.7. The topological polar surface area (TPSA) is 49.8 Å². The lowest BCUT2D eigenvalue weighted by Gasteiger charge is -2.27. The van der Waals surface area contributed by atoms with Gasteiger partial charge in [-0.1, -0.05) is 0 Å². The molecular formula is C9H17NO3. The summed E-state index contributed by atoms with van der Waals surface area (Å²) in [7, 11) is 3.28. The number of aliphatic hydroxyl groups is 1. The number of likely N-dealkylation sites (N-methyl/N-ethyl adjacent to an activating group) is 1. The first-order chi connectivity index (χ1) is 5.99. The minimum Gasteiger partial charge on any atom is -0.469 e. The van der Waals surface area contributed by atoms with Gasteiger partial charge in [0.2, 0.25) is 0 Å². The van der Waals surface area contributed by atoms with Gasteiger partial charge in [0.05, 0.1) is 18.6 Å². The molecule has 4 nitrogen and oxygen atoms in total. The number of ether oxygens (including phenoxy) is 1. The van der Waals surface area contributed by atoms with Crippen LogP contribution in [0.3, 0.4) is 0 Å². The minimum atomic E-state index is -0.901. The van der Waals surface area contributed by atoms with Gasteiger partial charge >= 0.3 is 5.97 Å². The lowest BCUT2D eigenvalue weighted by atomic mass is 9.88. The largest absolute Gasteiger partial charge is 0.469 e. The lowest BCUT2D eigenvalue weighted by molar-refractivity contribution is -0.153. The Morgan fingerprint density at radius 1 is 1.69 bits per heavy atom. The first kappa shape index (κ1) is 10.5. The fraction of sp³-hybridized carbons (Fsp3) is 0.889. The van der Waals surface area contributed by atoms with Gasteiger partial charge in [0.25, 0.3) is 0 Å². The molecule has 0 aromatic carbocycles. The summed E-state index contributed by atoms with van der Waals surface area (Å²) in [6.45, 7) is 3.09. The zero-order valence-corrected chi connectivity index (χ0v) is 8.41. The van der Waals surface area contributed by atoms with E-state index in [1.54, 1.807) is 6.92 Å². The van der Waals surface area contributed by atoms with Crippen LogP contribution in [0.2, 0.25) is 0 Å². The van der Waals surface area contributed by atoms with Crippen molar-refractivity contribution in [2.45, 2.75) is 18.9 Å². The van der Waals surface area contributed by atoms with Crippen LogP contribution in [-0.4, -0.2) is 48.8 Å². The van der Waals surface area contributed by atoms with E-state index in [1.165, 1.54) is 7.11 Å². The van der Waals surface area contributed by atoms with Crippen LogP contribution in [0.4, 0.5) is 0 Å². The summed E-state index contributed by atoms with van der Waals surface area (Å²) in [6, 6.07) is 0. The molecule has 13 heavy (non-hydrogen) atoms. The fourth-order valence-corrected chi connectivity index (χ4v) is 1.76. The maximum Gasteiger partial charge on any atom is 0.311 e. The van der Waals surface area contributed by atoms with Gasteiger partial charge in [-0.2, -0.15) is 0 Å². The van der Waals surface area contributed by atoms with E-state index in [9.17, 15) is 9.90 Å². The minimum absolute atomic E-state index is 0.335. The fourth-order valence-electron chi connectivity index (χ4n) is 1.76. The number of β-amino-alcohol motifs (C(OH)–C–C–N with tert-alkyl or cyclic N) is 1. The molecule has 1 heterocycles. The molecular weight excluding hydrogens is 170 g/mol. The van der Waals surface area contributed by atoms with Crippen LogP contribution in [0.1, 0.15) is 13.3 Å². The van der Waals surface area contributed by atoms with Crippen LogP contribution >= 0.6 is 0 Å². The monoisotopic (exact) mass is 187 g/mol. The second-order valence-corrected chi connectivity index (χ2v) is 3.84. The molecule has 0 saturated carbocycles. The molecule has 0 amide bonds. The molecule has 0 aromatic rings. The molecule has 76 valence electrons. The summed E-state index contributed by atoms with van der Waals surface area (Å²) in [6.07, 6.45) is 0.639. The van der Waals surface area contributed by atoms with Crippen molar-refractivity contribution in [1.29, 1.82) is 0 Å². The lowest BCUT2D eigenvalue weighted by Crippen LogP contribution is -2.43. The number of nitrogens with zero attached hydrogens (tertiary/aromatic N) is 1. The third-order valence-electron chi connectivity index (χ3n) is 2.83. The number of carbonyl (C=O) groups is 1. The highest BCUT2D eigenvalue weighted by atomic mass is 16.5. The van der Waals surface area contributed by atoms with Crippen molar-refractivity contribution < 1.29 is 14.6 Å². The van der Waals surface area contributed by atoms with E-state index in [2.05, 4.69) is 4.74 Å². The van der Waals surface area contributed by atoms with Crippen LogP contribution in [0.25, 0.3) is 0 Å². The van der Waals surface area contributed by atoms with E-state index in [-0.39, 0.29) is 5.97 Å². The summed E-state index contributed by atoms with van der Waals surface area (Å²) in [5, 5.41) is 10.1. The molecule has 0 radical (unpaired) electrons. The Hall–Kier alpha value is -0.610. The second kappa shape index (κ2) is 3.64. The Morgan fingerprint density at radius 3 is 2.69 bits per heavy atom. The molecule has 0 bridgehead atoms. The van der Waals surface area contributed by atoms with Crippen LogP contribution in [-0.2, 0) is 9.53 Å². The molecule has 2 unspecified atom stereocenters. The first-order valence-electron chi connectivity index (χ1n) is 4.48. The number of hydrogen-bond acceptors (Lipinski definition) is 4. The predicted molar refractivity (Wildman–Crippen MR) is 48.2 cm³/mol. The van der Waals surface area contributed by atoms with Crippen LogP contribution in [0.5, 0.6) is 0 Å². The molecule has 1 aliphatic rings. The summed E-state index contributed by atoms with van der Waals surface area (Å²) >= 11 is 0. The van der Waals surface area contributed by atoms with Crippen LogP contribution < -0.4 is 0 Å². The maximum atomic E-state index is 11.2. The average molecular weight is 187 g/mol. The molecule has 0 aliphatic carbocycles. The molecule has 1 fully saturated rings. The highest BCUT2D eigenvalue weighted by molar-refractivity contribution is 5.73. The summed E-state index contributed by atoms with van der Waals surface area (Å²) in [4.78, 5) is 13.2. The molecule has 2 atom stereocenters. The third-order valence-corrected chi connectivity index (χ3v) is 2.83. The zero-order valence-electron chi connectivity index (χ0n) is 8.41. The van der Waals surface area contributed by atoms with E-state index in [4.69, 9.17) is 0 Å². The maximum absolute atomic E-state index is 11.2. The molecule has 4 heteroatoms. The first-order valence-corrected chi connectivity index (χ1v) is 4.48.